The number of aliphatic imine (C=N–C) groups is 1. The van der Waals surface area contributed by atoms with Gasteiger partial charge in [-0.15, -0.1) is 0 Å². The van der Waals surface area contributed by atoms with Gasteiger partial charge in [-0.3, -0.25) is 4.90 Å². The molecule has 1 fully saturated rings. The Hall–Kier alpha value is -1.59. The van der Waals surface area contributed by atoms with Crippen molar-refractivity contribution in [2.45, 2.75) is 33.9 Å². The van der Waals surface area contributed by atoms with Gasteiger partial charge in [-0.1, -0.05) is 38.1 Å². The summed E-state index contributed by atoms with van der Waals surface area (Å²) in [5.41, 5.74) is 2.66. The lowest BCUT2D eigenvalue weighted by Crippen LogP contribution is -2.39. The van der Waals surface area contributed by atoms with Crippen LogP contribution in [0.4, 0.5) is 0 Å². The Kier molecular flexibility index (Phi) is 8.05. The van der Waals surface area contributed by atoms with Crippen molar-refractivity contribution in [1.29, 1.82) is 0 Å². The highest BCUT2D eigenvalue weighted by atomic mass is 16.5. The lowest BCUT2D eigenvalue weighted by atomic mass is 10.1. The molecule has 0 saturated carbocycles. The van der Waals surface area contributed by atoms with Gasteiger partial charge in [-0.2, -0.15) is 0 Å². The summed E-state index contributed by atoms with van der Waals surface area (Å²) in [5.74, 6) is 1.50. The van der Waals surface area contributed by atoms with E-state index in [0.717, 1.165) is 51.9 Å². The molecule has 0 bridgehead atoms. The van der Waals surface area contributed by atoms with Crippen molar-refractivity contribution in [3.8, 4) is 0 Å². The third kappa shape index (κ3) is 6.49. The molecule has 1 aromatic rings. The Balaban J connectivity index is 2.00. The minimum absolute atomic E-state index is 0.600. The monoisotopic (exact) mass is 332 g/mol. The molecule has 5 nitrogen and oxygen atoms in total. The average molecular weight is 332 g/mol. The van der Waals surface area contributed by atoms with Crippen LogP contribution >= 0.6 is 0 Å². The predicted octanol–water partition coefficient (Wildman–Crippen LogP) is 2.23. The van der Waals surface area contributed by atoms with Crippen LogP contribution in [-0.2, 0) is 17.8 Å². The number of morpholine rings is 1. The van der Waals surface area contributed by atoms with Crippen LogP contribution in [-0.4, -0.2) is 50.3 Å². The van der Waals surface area contributed by atoms with E-state index >= 15 is 0 Å². The van der Waals surface area contributed by atoms with Gasteiger partial charge in [0, 0.05) is 32.7 Å². The third-order valence-corrected chi connectivity index (χ3v) is 4.05. The standard InChI is InChI=1S/C19H32N4O/c1-4-20-19(21-13-16(2)3)22-14-17-7-5-6-8-18(17)15-23-9-11-24-12-10-23/h5-8,16H,4,9-15H2,1-3H3,(H2,20,21,22). The Morgan fingerprint density at radius 3 is 2.54 bits per heavy atom. The number of nitrogens with zero attached hydrogens (tertiary/aromatic N) is 2. The Morgan fingerprint density at radius 1 is 1.17 bits per heavy atom. The number of benzene rings is 1. The number of nitrogens with one attached hydrogen (secondary N) is 2. The molecule has 0 amide bonds. The fourth-order valence-corrected chi connectivity index (χ4v) is 2.67. The average Bonchev–Trinajstić information content (AvgIpc) is 2.59. The number of ether oxygens (including phenoxy) is 1. The van der Waals surface area contributed by atoms with Crippen molar-refractivity contribution < 1.29 is 4.74 Å². The molecule has 1 heterocycles. The van der Waals surface area contributed by atoms with Gasteiger partial charge in [-0.05, 0) is 24.0 Å². The Bertz CT molecular complexity index is 510. The van der Waals surface area contributed by atoms with Gasteiger partial charge in [0.05, 0.1) is 19.8 Å². The van der Waals surface area contributed by atoms with E-state index in [-0.39, 0.29) is 0 Å². The minimum atomic E-state index is 0.600. The van der Waals surface area contributed by atoms with E-state index in [2.05, 4.69) is 60.6 Å². The second-order valence-corrected chi connectivity index (χ2v) is 6.63. The Labute approximate surface area is 146 Å². The summed E-state index contributed by atoms with van der Waals surface area (Å²) in [7, 11) is 0. The fraction of sp³-hybridized carbons (Fsp3) is 0.632. The molecule has 0 atom stereocenters. The molecule has 24 heavy (non-hydrogen) atoms. The topological polar surface area (TPSA) is 48.9 Å². The normalized spacial score (nSPS) is 16.4. The van der Waals surface area contributed by atoms with E-state index in [0.29, 0.717) is 12.5 Å². The summed E-state index contributed by atoms with van der Waals surface area (Å²) in [5, 5.41) is 6.72. The van der Waals surface area contributed by atoms with E-state index in [4.69, 9.17) is 9.73 Å². The summed E-state index contributed by atoms with van der Waals surface area (Å²) in [6, 6.07) is 8.62. The molecule has 0 radical (unpaired) electrons. The number of hydrogen-bond donors (Lipinski definition) is 2. The van der Waals surface area contributed by atoms with E-state index < -0.39 is 0 Å². The summed E-state index contributed by atoms with van der Waals surface area (Å²) in [6.07, 6.45) is 0. The van der Waals surface area contributed by atoms with Crippen molar-refractivity contribution in [2.24, 2.45) is 10.9 Å². The van der Waals surface area contributed by atoms with E-state index in [1.807, 2.05) is 0 Å². The van der Waals surface area contributed by atoms with Gasteiger partial charge < -0.3 is 15.4 Å². The predicted molar refractivity (Wildman–Crippen MR) is 100 cm³/mol. The van der Waals surface area contributed by atoms with Gasteiger partial charge in [0.2, 0.25) is 0 Å². The van der Waals surface area contributed by atoms with Crippen molar-refractivity contribution in [2.75, 3.05) is 39.4 Å². The molecule has 2 rings (SSSR count). The molecule has 1 saturated heterocycles. The zero-order chi connectivity index (χ0) is 17.2. The first-order chi connectivity index (χ1) is 11.7. The Morgan fingerprint density at radius 2 is 1.88 bits per heavy atom. The number of rotatable bonds is 7. The first kappa shape index (κ1) is 18.7. The van der Waals surface area contributed by atoms with Crippen LogP contribution in [0.3, 0.4) is 0 Å². The largest absolute Gasteiger partial charge is 0.379 e. The molecule has 0 unspecified atom stereocenters. The summed E-state index contributed by atoms with van der Waals surface area (Å²) < 4.78 is 5.44. The van der Waals surface area contributed by atoms with Crippen LogP contribution in [0.5, 0.6) is 0 Å². The van der Waals surface area contributed by atoms with Crippen LogP contribution in [0.25, 0.3) is 0 Å². The molecule has 134 valence electrons. The maximum Gasteiger partial charge on any atom is 0.191 e. The highest BCUT2D eigenvalue weighted by Gasteiger charge is 2.12. The summed E-state index contributed by atoms with van der Waals surface area (Å²) >= 11 is 0. The van der Waals surface area contributed by atoms with Crippen LogP contribution < -0.4 is 10.6 Å². The van der Waals surface area contributed by atoms with Gasteiger partial charge in [-0.25, -0.2) is 4.99 Å². The van der Waals surface area contributed by atoms with E-state index in [1.54, 1.807) is 0 Å². The quantitative estimate of drug-likeness (QED) is 0.594. The first-order valence-corrected chi connectivity index (χ1v) is 9.08. The molecular weight excluding hydrogens is 300 g/mol. The SMILES string of the molecule is CCNC(=NCc1ccccc1CN1CCOCC1)NCC(C)C. The molecule has 5 heteroatoms. The molecule has 0 aromatic heterocycles. The van der Waals surface area contributed by atoms with Crippen LogP contribution in [0, 0.1) is 5.92 Å². The molecular formula is C19H32N4O. The zero-order valence-electron chi connectivity index (χ0n) is 15.3. The maximum atomic E-state index is 5.44. The number of guanidine groups is 1. The van der Waals surface area contributed by atoms with Crippen LogP contribution in [0.1, 0.15) is 31.9 Å². The van der Waals surface area contributed by atoms with Crippen LogP contribution in [0.2, 0.25) is 0 Å². The lowest BCUT2D eigenvalue weighted by molar-refractivity contribution is 0.0341. The van der Waals surface area contributed by atoms with Crippen molar-refractivity contribution >= 4 is 5.96 Å². The van der Waals surface area contributed by atoms with Crippen LogP contribution in [0.15, 0.2) is 29.3 Å². The molecule has 1 aliphatic heterocycles. The first-order valence-electron chi connectivity index (χ1n) is 9.08. The van der Waals surface area contributed by atoms with Gasteiger partial charge >= 0.3 is 0 Å². The highest BCUT2D eigenvalue weighted by molar-refractivity contribution is 5.79. The van der Waals surface area contributed by atoms with E-state index in [1.165, 1.54) is 11.1 Å². The molecule has 1 aromatic carbocycles. The molecule has 0 aliphatic carbocycles. The molecule has 0 spiro atoms. The van der Waals surface area contributed by atoms with E-state index in [9.17, 15) is 0 Å². The zero-order valence-corrected chi connectivity index (χ0v) is 15.3. The van der Waals surface area contributed by atoms with Gasteiger partial charge in [0.15, 0.2) is 5.96 Å². The smallest absolute Gasteiger partial charge is 0.191 e. The summed E-state index contributed by atoms with van der Waals surface area (Å²) in [4.78, 5) is 7.21. The minimum Gasteiger partial charge on any atom is -0.379 e. The third-order valence-electron chi connectivity index (χ3n) is 4.05. The van der Waals surface area contributed by atoms with Gasteiger partial charge in [0.25, 0.3) is 0 Å². The second kappa shape index (κ2) is 10.3. The van der Waals surface area contributed by atoms with Gasteiger partial charge in [0.1, 0.15) is 0 Å². The van der Waals surface area contributed by atoms with Crippen molar-refractivity contribution in [1.82, 2.24) is 15.5 Å². The van der Waals surface area contributed by atoms with Crippen molar-refractivity contribution in [3.05, 3.63) is 35.4 Å². The lowest BCUT2D eigenvalue weighted by Gasteiger charge is -2.27. The fourth-order valence-electron chi connectivity index (χ4n) is 2.67. The molecule has 2 N–H and O–H groups in total. The van der Waals surface area contributed by atoms with Crippen molar-refractivity contribution in [3.63, 3.8) is 0 Å². The number of hydrogen-bond acceptors (Lipinski definition) is 3. The maximum absolute atomic E-state index is 5.44. The summed E-state index contributed by atoms with van der Waals surface area (Å²) in [6.45, 7) is 13.7. The second-order valence-electron chi connectivity index (χ2n) is 6.63. The molecule has 1 aliphatic rings. The highest BCUT2D eigenvalue weighted by Crippen LogP contribution is 2.14.